The molecule has 0 saturated carbocycles. The van der Waals surface area contributed by atoms with Gasteiger partial charge in [0.1, 0.15) is 12.3 Å². The van der Waals surface area contributed by atoms with E-state index in [1.807, 2.05) is 12.1 Å². The molecule has 4 aromatic rings. The van der Waals surface area contributed by atoms with E-state index in [9.17, 15) is 14.4 Å². The molecule has 2 amide bonds. The van der Waals surface area contributed by atoms with Crippen molar-refractivity contribution in [1.82, 2.24) is 19.5 Å². The minimum atomic E-state index is -0.753. The summed E-state index contributed by atoms with van der Waals surface area (Å²) in [6.45, 7) is 1.85. The lowest BCUT2D eigenvalue weighted by molar-refractivity contribution is -0.117. The standard InChI is InChI=1S/C21H19N5O4/c1-14(22-20(28)16-8-10-30-13-16)19(27)23-17-6-4-5-15(11-17)12-26-21(29)25-9-3-2-7-18(25)24-26/h2-11,13-14H,12H2,1H3,(H,22,28)(H,23,27)/t14-/m0/s1. The van der Waals surface area contributed by atoms with Gasteiger partial charge in [-0.3, -0.25) is 14.0 Å². The number of pyridine rings is 1. The highest BCUT2D eigenvalue weighted by molar-refractivity contribution is 6.00. The molecule has 4 rings (SSSR count). The van der Waals surface area contributed by atoms with Gasteiger partial charge in [-0.2, -0.15) is 0 Å². The second-order valence-electron chi connectivity index (χ2n) is 6.77. The number of hydrogen-bond donors (Lipinski definition) is 2. The Balaban J connectivity index is 1.44. The summed E-state index contributed by atoms with van der Waals surface area (Å²) in [5.74, 6) is -0.764. The van der Waals surface area contributed by atoms with Crippen molar-refractivity contribution in [3.05, 3.63) is 88.9 Å². The highest BCUT2D eigenvalue weighted by Crippen LogP contribution is 2.12. The van der Waals surface area contributed by atoms with Crippen LogP contribution in [0.5, 0.6) is 0 Å². The van der Waals surface area contributed by atoms with E-state index in [-0.39, 0.29) is 18.1 Å². The molecule has 152 valence electrons. The number of furan rings is 1. The molecule has 1 atom stereocenters. The monoisotopic (exact) mass is 405 g/mol. The lowest BCUT2D eigenvalue weighted by Gasteiger charge is -2.14. The first kappa shape index (κ1) is 19.2. The van der Waals surface area contributed by atoms with Crippen LogP contribution in [0.3, 0.4) is 0 Å². The Morgan fingerprint density at radius 2 is 2.03 bits per heavy atom. The van der Waals surface area contributed by atoms with Gasteiger partial charge in [0.15, 0.2) is 5.65 Å². The third kappa shape index (κ3) is 4.00. The Bertz CT molecular complexity index is 1260. The van der Waals surface area contributed by atoms with Crippen molar-refractivity contribution in [2.45, 2.75) is 19.5 Å². The van der Waals surface area contributed by atoms with Gasteiger partial charge in [-0.1, -0.05) is 18.2 Å². The molecule has 1 aromatic carbocycles. The Labute approximate surface area is 170 Å². The van der Waals surface area contributed by atoms with E-state index < -0.39 is 11.9 Å². The predicted octanol–water partition coefficient (Wildman–Crippen LogP) is 1.89. The van der Waals surface area contributed by atoms with E-state index >= 15 is 0 Å². The van der Waals surface area contributed by atoms with Gasteiger partial charge in [0.05, 0.1) is 18.4 Å². The highest BCUT2D eigenvalue weighted by atomic mass is 16.3. The lowest BCUT2D eigenvalue weighted by Crippen LogP contribution is -2.41. The molecular formula is C21H19N5O4. The zero-order chi connectivity index (χ0) is 21.1. The first-order chi connectivity index (χ1) is 14.5. The normalized spacial score (nSPS) is 11.9. The maximum absolute atomic E-state index is 12.4. The second-order valence-corrected chi connectivity index (χ2v) is 6.77. The van der Waals surface area contributed by atoms with E-state index in [0.29, 0.717) is 16.9 Å². The van der Waals surface area contributed by atoms with E-state index in [0.717, 1.165) is 5.56 Å². The van der Waals surface area contributed by atoms with Gasteiger partial charge in [0.2, 0.25) is 5.91 Å². The molecular weight excluding hydrogens is 386 g/mol. The molecule has 9 nitrogen and oxygen atoms in total. The van der Waals surface area contributed by atoms with Gasteiger partial charge in [-0.15, -0.1) is 5.10 Å². The fourth-order valence-corrected chi connectivity index (χ4v) is 2.98. The van der Waals surface area contributed by atoms with Crippen molar-refractivity contribution in [2.24, 2.45) is 0 Å². The summed E-state index contributed by atoms with van der Waals surface area (Å²) in [6, 6.07) is 13.2. The molecule has 3 aromatic heterocycles. The molecule has 3 heterocycles. The SMILES string of the molecule is C[C@H](NC(=O)c1ccoc1)C(=O)Nc1cccc(Cn2nc3ccccn3c2=O)c1. The fraction of sp³-hybridized carbons (Fsp3) is 0.143. The number of benzene rings is 1. The number of fused-ring (bicyclic) bond motifs is 1. The lowest BCUT2D eigenvalue weighted by atomic mass is 10.2. The number of amides is 2. The molecule has 0 aliphatic heterocycles. The maximum Gasteiger partial charge on any atom is 0.350 e. The van der Waals surface area contributed by atoms with Crippen molar-refractivity contribution in [1.29, 1.82) is 0 Å². The number of carbonyl (C=O) groups is 2. The van der Waals surface area contributed by atoms with Crippen LogP contribution in [0.25, 0.3) is 5.65 Å². The summed E-state index contributed by atoms with van der Waals surface area (Å²) < 4.78 is 7.70. The zero-order valence-electron chi connectivity index (χ0n) is 16.1. The number of anilines is 1. The molecule has 0 saturated heterocycles. The van der Waals surface area contributed by atoms with E-state index in [1.54, 1.807) is 43.5 Å². The van der Waals surface area contributed by atoms with Crippen molar-refractivity contribution in [3.8, 4) is 0 Å². The Hall–Kier alpha value is -4.14. The Morgan fingerprint density at radius 3 is 2.80 bits per heavy atom. The van der Waals surface area contributed by atoms with Crippen molar-refractivity contribution < 1.29 is 14.0 Å². The van der Waals surface area contributed by atoms with Crippen molar-refractivity contribution in [2.75, 3.05) is 5.32 Å². The van der Waals surface area contributed by atoms with E-state index in [2.05, 4.69) is 15.7 Å². The highest BCUT2D eigenvalue weighted by Gasteiger charge is 2.17. The molecule has 0 fully saturated rings. The van der Waals surface area contributed by atoms with Crippen LogP contribution in [0.15, 0.2) is 76.5 Å². The zero-order valence-corrected chi connectivity index (χ0v) is 16.1. The minimum absolute atomic E-state index is 0.240. The van der Waals surface area contributed by atoms with E-state index in [4.69, 9.17) is 4.42 Å². The molecule has 0 aliphatic rings. The molecule has 9 heteroatoms. The van der Waals surface area contributed by atoms with Crippen LogP contribution in [0.2, 0.25) is 0 Å². The van der Waals surface area contributed by atoms with Gasteiger partial charge in [0.25, 0.3) is 5.91 Å². The van der Waals surface area contributed by atoms with Crippen molar-refractivity contribution >= 4 is 23.1 Å². The molecule has 0 unspecified atom stereocenters. The summed E-state index contributed by atoms with van der Waals surface area (Å²) in [5, 5.41) is 9.69. The molecule has 2 N–H and O–H groups in total. The number of nitrogens with one attached hydrogen (secondary N) is 2. The topological polar surface area (TPSA) is 111 Å². The minimum Gasteiger partial charge on any atom is -0.472 e. The first-order valence-corrected chi connectivity index (χ1v) is 9.28. The smallest absolute Gasteiger partial charge is 0.350 e. The third-order valence-electron chi connectivity index (χ3n) is 4.54. The summed E-state index contributed by atoms with van der Waals surface area (Å²) in [7, 11) is 0. The average Bonchev–Trinajstić information content (AvgIpc) is 3.38. The van der Waals surface area contributed by atoms with Gasteiger partial charge in [-0.05, 0) is 42.8 Å². The molecule has 0 radical (unpaired) electrons. The van der Waals surface area contributed by atoms with Crippen LogP contribution in [0, 0.1) is 0 Å². The number of aromatic nitrogens is 3. The van der Waals surface area contributed by atoms with Crippen LogP contribution in [0.1, 0.15) is 22.8 Å². The molecule has 0 aliphatic carbocycles. The number of rotatable bonds is 6. The maximum atomic E-state index is 12.4. The quantitative estimate of drug-likeness (QED) is 0.509. The van der Waals surface area contributed by atoms with Crippen LogP contribution < -0.4 is 16.3 Å². The summed E-state index contributed by atoms with van der Waals surface area (Å²) in [4.78, 5) is 36.9. The summed E-state index contributed by atoms with van der Waals surface area (Å²) in [6.07, 6.45) is 4.36. The van der Waals surface area contributed by atoms with Crippen LogP contribution in [-0.2, 0) is 11.3 Å². The Kier molecular flexibility index (Phi) is 5.17. The second kappa shape index (κ2) is 8.08. The van der Waals surface area contributed by atoms with Gasteiger partial charge < -0.3 is 15.1 Å². The van der Waals surface area contributed by atoms with Crippen LogP contribution in [0.4, 0.5) is 5.69 Å². The number of carbonyl (C=O) groups excluding carboxylic acids is 2. The van der Waals surface area contributed by atoms with Crippen molar-refractivity contribution in [3.63, 3.8) is 0 Å². The third-order valence-corrected chi connectivity index (χ3v) is 4.54. The van der Waals surface area contributed by atoms with Gasteiger partial charge >= 0.3 is 5.69 Å². The fourth-order valence-electron chi connectivity index (χ4n) is 2.98. The number of hydrogen-bond acceptors (Lipinski definition) is 5. The molecule has 0 bridgehead atoms. The van der Waals surface area contributed by atoms with Gasteiger partial charge in [-0.25, -0.2) is 9.48 Å². The average molecular weight is 405 g/mol. The predicted molar refractivity (Wildman–Crippen MR) is 109 cm³/mol. The number of nitrogens with zero attached hydrogens (tertiary/aromatic N) is 3. The van der Waals surface area contributed by atoms with Crippen LogP contribution >= 0.6 is 0 Å². The summed E-state index contributed by atoms with van der Waals surface area (Å²) in [5.41, 5.74) is 2.02. The molecule has 30 heavy (non-hydrogen) atoms. The van der Waals surface area contributed by atoms with Crippen LogP contribution in [-0.4, -0.2) is 32.0 Å². The van der Waals surface area contributed by atoms with E-state index in [1.165, 1.54) is 27.7 Å². The summed E-state index contributed by atoms with van der Waals surface area (Å²) >= 11 is 0. The molecule has 0 spiro atoms. The largest absolute Gasteiger partial charge is 0.472 e. The Morgan fingerprint density at radius 1 is 1.17 bits per heavy atom. The van der Waals surface area contributed by atoms with Gasteiger partial charge in [0, 0.05) is 11.9 Å². The first-order valence-electron chi connectivity index (χ1n) is 9.28.